The van der Waals surface area contributed by atoms with Crippen LogP contribution in [0.5, 0.6) is 0 Å². The zero-order valence-corrected chi connectivity index (χ0v) is 14.7. The van der Waals surface area contributed by atoms with Crippen molar-refractivity contribution in [3.63, 3.8) is 0 Å². The minimum Gasteiger partial charge on any atom is -0.336 e. The highest BCUT2D eigenvalue weighted by Gasteiger charge is 2.40. The van der Waals surface area contributed by atoms with Crippen LogP contribution in [-0.2, 0) is 4.79 Å². The van der Waals surface area contributed by atoms with Gasteiger partial charge in [0, 0.05) is 31.7 Å². The fourth-order valence-electron chi connectivity index (χ4n) is 4.18. The van der Waals surface area contributed by atoms with Gasteiger partial charge in [0.15, 0.2) is 0 Å². The predicted molar refractivity (Wildman–Crippen MR) is 90.5 cm³/mol. The van der Waals surface area contributed by atoms with Gasteiger partial charge in [-0.25, -0.2) is 0 Å². The minimum absolute atomic E-state index is 0. The molecule has 2 aliphatic heterocycles. The van der Waals surface area contributed by atoms with E-state index in [0.717, 1.165) is 32.0 Å². The summed E-state index contributed by atoms with van der Waals surface area (Å²) in [5.41, 5.74) is 0. The summed E-state index contributed by atoms with van der Waals surface area (Å²) in [5, 5.41) is 3.62. The highest BCUT2D eigenvalue weighted by atomic mass is 35.5. The van der Waals surface area contributed by atoms with Crippen LogP contribution >= 0.6 is 24.8 Å². The van der Waals surface area contributed by atoms with Gasteiger partial charge >= 0.3 is 0 Å². The van der Waals surface area contributed by atoms with E-state index in [1.165, 1.54) is 25.7 Å². The molecule has 124 valence electrons. The smallest absolute Gasteiger partial charge is 0.240 e. The summed E-state index contributed by atoms with van der Waals surface area (Å²) in [5.74, 6) is 1.11. The molecule has 3 fully saturated rings. The zero-order chi connectivity index (χ0) is 13.4. The third kappa shape index (κ3) is 4.04. The summed E-state index contributed by atoms with van der Waals surface area (Å²) in [7, 11) is 2.14. The molecular weight excluding hydrogens is 309 g/mol. The minimum atomic E-state index is 0. The maximum Gasteiger partial charge on any atom is 0.240 e. The van der Waals surface area contributed by atoms with E-state index < -0.39 is 0 Å². The van der Waals surface area contributed by atoms with Crippen LogP contribution in [-0.4, -0.2) is 60.5 Å². The van der Waals surface area contributed by atoms with Crippen molar-refractivity contribution in [3.8, 4) is 0 Å². The first kappa shape index (κ1) is 19.0. The van der Waals surface area contributed by atoms with Gasteiger partial charge in [-0.1, -0.05) is 12.8 Å². The monoisotopic (exact) mass is 337 g/mol. The van der Waals surface area contributed by atoms with E-state index >= 15 is 0 Å². The van der Waals surface area contributed by atoms with Crippen molar-refractivity contribution in [2.45, 2.75) is 57.2 Å². The predicted octanol–water partition coefficient (Wildman–Crippen LogP) is 1.91. The zero-order valence-electron chi connectivity index (χ0n) is 13.1. The molecule has 0 aromatic rings. The SMILES string of the molecule is CC1CN(C)CCN1C(=O)C1CC2CCCCC2N1.Cl.Cl. The Hall–Kier alpha value is -0.0300. The van der Waals surface area contributed by atoms with Gasteiger partial charge in [-0.2, -0.15) is 0 Å². The van der Waals surface area contributed by atoms with Crippen molar-refractivity contribution >= 4 is 30.7 Å². The Labute approximate surface area is 140 Å². The lowest BCUT2D eigenvalue weighted by Crippen LogP contribution is -2.56. The van der Waals surface area contributed by atoms with E-state index in [0.29, 0.717) is 18.0 Å². The first-order valence-electron chi connectivity index (χ1n) is 7.90. The van der Waals surface area contributed by atoms with Crippen LogP contribution in [0.15, 0.2) is 0 Å². The van der Waals surface area contributed by atoms with E-state index in [-0.39, 0.29) is 30.9 Å². The maximum atomic E-state index is 12.7. The Morgan fingerprint density at radius 3 is 2.52 bits per heavy atom. The Bertz CT molecular complexity index is 342. The molecule has 2 heterocycles. The van der Waals surface area contributed by atoms with Gasteiger partial charge in [-0.15, -0.1) is 24.8 Å². The molecule has 3 rings (SSSR count). The van der Waals surface area contributed by atoms with Gasteiger partial charge in [-0.05, 0) is 39.2 Å². The van der Waals surface area contributed by atoms with Crippen molar-refractivity contribution in [1.82, 2.24) is 15.1 Å². The third-order valence-electron chi connectivity index (χ3n) is 5.27. The molecule has 4 unspecified atom stereocenters. The number of nitrogens with zero attached hydrogens (tertiary/aromatic N) is 2. The van der Waals surface area contributed by atoms with Crippen molar-refractivity contribution in [2.75, 3.05) is 26.7 Å². The van der Waals surface area contributed by atoms with E-state index in [2.05, 4.69) is 29.1 Å². The molecule has 0 bridgehead atoms. The second-order valence-corrected chi connectivity index (χ2v) is 6.75. The Morgan fingerprint density at radius 1 is 1.14 bits per heavy atom. The highest BCUT2D eigenvalue weighted by molar-refractivity contribution is 5.85. The van der Waals surface area contributed by atoms with E-state index in [1.807, 2.05) is 0 Å². The molecule has 3 aliphatic rings. The summed E-state index contributed by atoms with van der Waals surface area (Å²) in [6, 6.07) is 1.07. The average Bonchev–Trinajstić information content (AvgIpc) is 2.81. The summed E-state index contributed by atoms with van der Waals surface area (Å²) >= 11 is 0. The first-order chi connectivity index (χ1) is 9.15. The number of piperazine rings is 1. The third-order valence-corrected chi connectivity index (χ3v) is 5.27. The fourth-order valence-corrected chi connectivity index (χ4v) is 4.18. The van der Waals surface area contributed by atoms with Crippen LogP contribution in [0, 0.1) is 5.92 Å². The maximum absolute atomic E-state index is 12.7. The number of nitrogens with one attached hydrogen (secondary N) is 1. The van der Waals surface area contributed by atoms with Gasteiger partial charge in [-0.3, -0.25) is 4.79 Å². The van der Waals surface area contributed by atoms with Crippen molar-refractivity contribution in [1.29, 1.82) is 0 Å². The molecule has 0 spiro atoms. The van der Waals surface area contributed by atoms with Gasteiger partial charge in [0.05, 0.1) is 6.04 Å². The lowest BCUT2D eigenvalue weighted by atomic mass is 9.85. The summed E-state index contributed by atoms with van der Waals surface area (Å²) in [4.78, 5) is 17.1. The van der Waals surface area contributed by atoms with Crippen LogP contribution in [0.25, 0.3) is 0 Å². The number of rotatable bonds is 1. The molecule has 6 heteroatoms. The molecule has 1 saturated carbocycles. The molecule has 0 aromatic carbocycles. The number of amides is 1. The van der Waals surface area contributed by atoms with Crippen LogP contribution < -0.4 is 5.32 Å². The summed E-state index contributed by atoms with van der Waals surface area (Å²) < 4.78 is 0. The number of hydrogen-bond acceptors (Lipinski definition) is 3. The number of fused-ring (bicyclic) bond motifs is 1. The van der Waals surface area contributed by atoms with Gasteiger partial charge in [0.1, 0.15) is 0 Å². The van der Waals surface area contributed by atoms with Crippen LogP contribution in [0.1, 0.15) is 39.0 Å². The first-order valence-corrected chi connectivity index (χ1v) is 7.90. The molecule has 4 nitrogen and oxygen atoms in total. The molecule has 1 N–H and O–H groups in total. The largest absolute Gasteiger partial charge is 0.336 e. The molecule has 1 aliphatic carbocycles. The van der Waals surface area contributed by atoms with Crippen molar-refractivity contribution < 1.29 is 4.79 Å². The molecule has 21 heavy (non-hydrogen) atoms. The van der Waals surface area contributed by atoms with Crippen LogP contribution in [0.3, 0.4) is 0 Å². The van der Waals surface area contributed by atoms with E-state index in [1.54, 1.807) is 0 Å². The topological polar surface area (TPSA) is 35.6 Å². The number of carbonyl (C=O) groups is 1. The van der Waals surface area contributed by atoms with Crippen molar-refractivity contribution in [3.05, 3.63) is 0 Å². The second kappa shape index (κ2) is 8.00. The fraction of sp³-hybridized carbons (Fsp3) is 0.933. The second-order valence-electron chi connectivity index (χ2n) is 6.75. The average molecular weight is 338 g/mol. The number of likely N-dealkylation sites (N-methyl/N-ethyl adjacent to an activating group) is 1. The lowest BCUT2D eigenvalue weighted by Gasteiger charge is -2.39. The van der Waals surface area contributed by atoms with Crippen molar-refractivity contribution in [2.24, 2.45) is 5.92 Å². The Balaban J connectivity index is 0.00000110. The van der Waals surface area contributed by atoms with Gasteiger partial charge in [0.2, 0.25) is 5.91 Å². The molecule has 0 aromatic heterocycles. The Morgan fingerprint density at radius 2 is 1.86 bits per heavy atom. The molecule has 0 radical (unpaired) electrons. The molecule has 2 saturated heterocycles. The van der Waals surface area contributed by atoms with Gasteiger partial charge < -0.3 is 15.1 Å². The quantitative estimate of drug-likeness (QED) is 0.793. The molecule has 1 amide bonds. The Kier molecular flexibility index (Phi) is 7.25. The number of halogens is 2. The van der Waals surface area contributed by atoms with E-state index in [9.17, 15) is 4.79 Å². The van der Waals surface area contributed by atoms with Crippen LogP contribution in [0.2, 0.25) is 0 Å². The standard InChI is InChI=1S/C15H27N3O.2ClH/c1-11-10-17(2)7-8-18(11)15(19)14-9-12-5-3-4-6-13(12)16-14;;/h11-14,16H,3-10H2,1-2H3;2*1H. The number of carbonyl (C=O) groups excluding carboxylic acids is 1. The van der Waals surface area contributed by atoms with E-state index in [4.69, 9.17) is 0 Å². The van der Waals surface area contributed by atoms with Crippen LogP contribution in [0.4, 0.5) is 0 Å². The summed E-state index contributed by atoms with van der Waals surface area (Å²) in [6.45, 7) is 5.08. The molecular formula is C15H29Cl2N3O. The molecule has 4 atom stereocenters. The normalized spacial score (nSPS) is 36.4. The number of hydrogen-bond donors (Lipinski definition) is 1. The van der Waals surface area contributed by atoms with Gasteiger partial charge in [0.25, 0.3) is 0 Å². The lowest BCUT2D eigenvalue weighted by molar-refractivity contribution is -0.137. The summed E-state index contributed by atoms with van der Waals surface area (Å²) in [6.07, 6.45) is 6.35. The highest BCUT2D eigenvalue weighted by Crippen LogP contribution is 2.33.